The fourth-order valence-electron chi connectivity index (χ4n) is 0.734. The Hall–Kier alpha value is -1.60. The van der Waals surface area contributed by atoms with Gasteiger partial charge in [-0.1, -0.05) is 0 Å². The summed E-state index contributed by atoms with van der Waals surface area (Å²) in [4.78, 5) is 10.1. The van der Waals surface area contributed by atoms with E-state index >= 15 is 0 Å². The number of rotatable bonds is 1. The summed E-state index contributed by atoms with van der Waals surface area (Å²) >= 11 is 0. The van der Waals surface area contributed by atoms with Crippen molar-refractivity contribution in [2.45, 2.75) is 6.18 Å². The highest BCUT2D eigenvalue weighted by Gasteiger charge is 2.41. The number of aromatic amines is 1. The highest BCUT2D eigenvalue weighted by atomic mass is 19.4. The van der Waals surface area contributed by atoms with Crippen LogP contribution >= 0.6 is 0 Å². The van der Waals surface area contributed by atoms with Crippen molar-refractivity contribution in [3.05, 3.63) is 17.2 Å². The van der Waals surface area contributed by atoms with Crippen molar-refractivity contribution in [1.29, 1.82) is 0 Å². The minimum atomic E-state index is -5.06. The first kappa shape index (κ1) is 9.49. The minimum absolute atomic E-state index is 1.31. The summed E-state index contributed by atoms with van der Waals surface area (Å²) in [6.07, 6.45) is -5.06. The molecular weight excluding hydrogens is 196 g/mol. The van der Waals surface area contributed by atoms with Crippen molar-refractivity contribution in [3.63, 3.8) is 0 Å². The van der Waals surface area contributed by atoms with Gasteiger partial charge in [-0.3, -0.25) is 5.10 Å². The first-order valence-electron chi connectivity index (χ1n) is 2.88. The van der Waals surface area contributed by atoms with Gasteiger partial charge in [-0.15, -0.1) is 0 Å². The van der Waals surface area contributed by atoms with E-state index in [-0.39, 0.29) is 0 Å². The van der Waals surface area contributed by atoms with E-state index in [2.05, 4.69) is 5.10 Å². The van der Waals surface area contributed by atoms with E-state index in [4.69, 9.17) is 5.11 Å². The maximum Gasteiger partial charge on any atom is 0.423 e. The SMILES string of the molecule is O=C(O)c1n[nH]c(F)c1C(F)(F)F. The molecule has 1 aromatic rings. The number of carboxylic acids is 1. The number of carbonyl (C=O) groups is 1. The first-order chi connectivity index (χ1) is 5.84. The molecule has 0 fully saturated rings. The van der Waals surface area contributed by atoms with Crippen molar-refractivity contribution in [1.82, 2.24) is 10.2 Å². The minimum Gasteiger partial charge on any atom is -0.476 e. The number of H-pyrrole nitrogens is 1. The lowest BCUT2D eigenvalue weighted by atomic mass is 10.2. The topological polar surface area (TPSA) is 66.0 Å². The van der Waals surface area contributed by atoms with Gasteiger partial charge in [-0.25, -0.2) is 4.79 Å². The molecule has 0 radical (unpaired) electrons. The normalized spacial score (nSPS) is 11.7. The third-order valence-electron chi connectivity index (χ3n) is 1.21. The average molecular weight is 198 g/mol. The van der Waals surface area contributed by atoms with Gasteiger partial charge < -0.3 is 5.11 Å². The van der Waals surface area contributed by atoms with E-state index in [9.17, 15) is 22.4 Å². The molecule has 0 spiro atoms. The molecule has 72 valence electrons. The number of nitrogens with zero attached hydrogens (tertiary/aromatic N) is 1. The highest BCUT2D eigenvalue weighted by molar-refractivity contribution is 5.87. The first-order valence-corrected chi connectivity index (χ1v) is 2.88. The summed E-state index contributed by atoms with van der Waals surface area (Å²) in [5, 5.41) is 12.2. The van der Waals surface area contributed by atoms with E-state index in [1.165, 1.54) is 5.10 Å². The van der Waals surface area contributed by atoms with Gasteiger partial charge in [-0.05, 0) is 0 Å². The number of nitrogens with one attached hydrogen (secondary N) is 1. The number of aromatic carboxylic acids is 1. The molecule has 0 saturated carbocycles. The lowest BCUT2D eigenvalue weighted by Gasteiger charge is -2.03. The number of alkyl halides is 3. The molecule has 8 heteroatoms. The van der Waals surface area contributed by atoms with Crippen LogP contribution in [0, 0.1) is 5.95 Å². The van der Waals surface area contributed by atoms with Crippen molar-refractivity contribution < 1.29 is 27.5 Å². The molecule has 1 rings (SSSR count). The zero-order valence-electron chi connectivity index (χ0n) is 5.81. The molecule has 0 unspecified atom stereocenters. The average Bonchev–Trinajstić information content (AvgIpc) is 2.28. The summed E-state index contributed by atoms with van der Waals surface area (Å²) in [6, 6.07) is 0. The molecule has 13 heavy (non-hydrogen) atoms. The van der Waals surface area contributed by atoms with E-state index in [1.807, 2.05) is 0 Å². The van der Waals surface area contributed by atoms with Crippen LogP contribution in [0.3, 0.4) is 0 Å². The fraction of sp³-hybridized carbons (Fsp3) is 0.200. The van der Waals surface area contributed by atoms with Crippen LogP contribution in [0.1, 0.15) is 16.1 Å². The molecule has 0 saturated heterocycles. The smallest absolute Gasteiger partial charge is 0.423 e. The molecule has 0 aliphatic rings. The molecule has 0 atom stereocenters. The predicted octanol–water partition coefficient (Wildman–Crippen LogP) is 1.27. The van der Waals surface area contributed by atoms with Crippen LogP contribution in [-0.2, 0) is 6.18 Å². The lowest BCUT2D eigenvalue weighted by Crippen LogP contribution is -2.12. The molecule has 0 aliphatic carbocycles. The van der Waals surface area contributed by atoms with Crippen LogP contribution in [0.4, 0.5) is 17.6 Å². The van der Waals surface area contributed by atoms with Crippen LogP contribution < -0.4 is 0 Å². The summed E-state index contributed by atoms with van der Waals surface area (Å²) < 4.78 is 48.2. The fourth-order valence-corrected chi connectivity index (χ4v) is 0.734. The zero-order valence-corrected chi connectivity index (χ0v) is 5.81. The Morgan fingerprint density at radius 1 is 1.46 bits per heavy atom. The van der Waals surface area contributed by atoms with Crippen LogP contribution in [0.25, 0.3) is 0 Å². The third-order valence-corrected chi connectivity index (χ3v) is 1.21. The largest absolute Gasteiger partial charge is 0.476 e. The maximum absolute atomic E-state index is 12.4. The van der Waals surface area contributed by atoms with Gasteiger partial charge in [0, 0.05) is 0 Å². The Morgan fingerprint density at radius 3 is 2.31 bits per heavy atom. The predicted molar refractivity (Wildman–Crippen MR) is 30.5 cm³/mol. The van der Waals surface area contributed by atoms with E-state index in [1.54, 1.807) is 0 Å². The molecular formula is C5H2F4N2O2. The molecule has 0 aromatic carbocycles. The monoisotopic (exact) mass is 198 g/mol. The molecule has 1 aromatic heterocycles. The molecule has 1 heterocycles. The standard InChI is InChI=1S/C5H2F4N2O2/c6-3-1(5(7,8)9)2(4(12)13)10-11-3/h(H,10,11)(H,12,13). The number of carboxylic acid groups (broad SMARTS) is 1. The Kier molecular flexibility index (Phi) is 1.98. The Bertz CT molecular complexity index is 343. The Balaban J connectivity index is 3.33. The summed E-state index contributed by atoms with van der Waals surface area (Å²) in [5.74, 6) is -3.74. The van der Waals surface area contributed by atoms with Crippen LogP contribution in [0.15, 0.2) is 0 Å². The molecule has 0 aliphatic heterocycles. The molecule has 4 nitrogen and oxygen atoms in total. The highest BCUT2D eigenvalue weighted by Crippen LogP contribution is 2.32. The quantitative estimate of drug-likeness (QED) is 0.667. The van der Waals surface area contributed by atoms with Crippen LogP contribution in [-0.4, -0.2) is 21.3 Å². The summed E-state index contributed by atoms with van der Waals surface area (Å²) in [6.45, 7) is 0. The number of halogens is 4. The van der Waals surface area contributed by atoms with Gasteiger partial charge in [0.2, 0.25) is 5.95 Å². The molecule has 2 N–H and O–H groups in total. The van der Waals surface area contributed by atoms with E-state index < -0.39 is 29.4 Å². The van der Waals surface area contributed by atoms with E-state index in [0.29, 0.717) is 0 Å². The van der Waals surface area contributed by atoms with Crippen LogP contribution in [0.5, 0.6) is 0 Å². The maximum atomic E-state index is 12.4. The Morgan fingerprint density at radius 2 is 2.00 bits per heavy atom. The Labute approximate surface area is 68.2 Å². The number of hydrogen-bond acceptors (Lipinski definition) is 2. The van der Waals surface area contributed by atoms with Crippen molar-refractivity contribution >= 4 is 5.97 Å². The van der Waals surface area contributed by atoms with Gasteiger partial charge in [0.15, 0.2) is 5.69 Å². The van der Waals surface area contributed by atoms with Gasteiger partial charge in [0.05, 0.1) is 0 Å². The molecule has 0 amide bonds. The van der Waals surface area contributed by atoms with Gasteiger partial charge >= 0.3 is 12.1 Å². The summed E-state index contributed by atoms with van der Waals surface area (Å²) in [7, 11) is 0. The summed E-state index contributed by atoms with van der Waals surface area (Å²) in [5.41, 5.74) is -3.26. The van der Waals surface area contributed by atoms with Crippen molar-refractivity contribution in [2.24, 2.45) is 0 Å². The second-order valence-electron chi connectivity index (χ2n) is 2.06. The van der Waals surface area contributed by atoms with Gasteiger partial charge in [0.25, 0.3) is 0 Å². The van der Waals surface area contributed by atoms with Gasteiger partial charge in [-0.2, -0.15) is 22.7 Å². The van der Waals surface area contributed by atoms with Crippen LogP contribution in [0.2, 0.25) is 0 Å². The van der Waals surface area contributed by atoms with E-state index in [0.717, 1.165) is 0 Å². The number of aromatic nitrogens is 2. The number of hydrogen-bond donors (Lipinski definition) is 2. The second kappa shape index (κ2) is 2.71. The molecule has 0 bridgehead atoms. The van der Waals surface area contributed by atoms with Gasteiger partial charge in [0.1, 0.15) is 5.56 Å². The third kappa shape index (κ3) is 1.60. The van der Waals surface area contributed by atoms with Crippen molar-refractivity contribution in [2.75, 3.05) is 0 Å². The second-order valence-corrected chi connectivity index (χ2v) is 2.06. The van der Waals surface area contributed by atoms with Crippen molar-refractivity contribution in [3.8, 4) is 0 Å². The zero-order chi connectivity index (χ0) is 10.2. The lowest BCUT2D eigenvalue weighted by molar-refractivity contribution is -0.140.